The zero-order chi connectivity index (χ0) is 20.3. The summed E-state index contributed by atoms with van der Waals surface area (Å²) >= 11 is 0. The van der Waals surface area contributed by atoms with E-state index in [1.54, 1.807) is 10.8 Å². The van der Waals surface area contributed by atoms with Crippen molar-refractivity contribution in [3.8, 4) is 17.1 Å². The maximum atomic E-state index is 4.90. The second kappa shape index (κ2) is 6.27. The Morgan fingerprint density at radius 2 is 1.62 bits per heavy atom. The lowest BCUT2D eigenvalue weighted by atomic mass is 10.1. The van der Waals surface area contributed by atoms with Crippen molar-refractivity contribution in [1.82, 2.24) is 24.1 Å². The predicted molar refractivity (Wildman–Crippen MR) is 117 cm³/mol. The Morgan fingerprint density at radius 3 is 2.41 bits per heavy atom. The van der Waals surface area contributed by atoms with E-state index in [1.807, 2.05) is 12.1 Å². The Kier molecular flexibility index (Phi) is 3.81. The summed E-state index contributed by atoms with van der Waals surface area (Å²) in [4.78, 5) is 9.69. The fraction of sp³-hybridized carbons (Fsp3) is 0.208. The van der Waals surface area contributed by atoms with Gasteiger partial charge >= 0.3 is 0 Å². The minimum atomic E-state index is 0.722. The van der Waals surface area contributed by atoms with Crippen molar-refractivity contribution in [2.45, 2.75) is 34.6 Å². The van der Waals surface area contributed by atoms with Crippen molar-refractivity contribution in [2.24, 2.45) is 0 Å². The molecule has 5 heteroatoms. The lowest BCUT2D eigenvalue weighted by Crippen LogP contribution is -2.02. The van der Waals surface area contributed by atoms with E-state index in [4.69, 9.17) is 15.1 Å². The number of hydrogen-bond acceptors (Lipinski definition) is 3. The van der Waals surface area contributed by atoms with Gasteiger partial charge < -0.3 is 0 Å². The first-order valence-corrected chi connectivity index (χ1v) is 9.82. The van der Waals surface area contributed by atoms with Crippen molar-refractivity contribution in [3.05, 3.63) is 76.7 Å². The Balaban J connectivity index is 1.82. The summed E-state index contributed by atoms with van der Waals surface area (Å²) in [6.45, 7) is 10.7. The van der Waals surface area contributed by atoms with E-state index in [0.29, 0.717) is 0 Å². The zero-order valence-corrected chi connectivity index (χ0v) is 17.4. The first-order chi connectivity index (χ1) is 14.0. The van der Waals surface area contributed by atoms with Crippen molar-refractivity contribution in [2.75, 3.05) is 0 Å². The van der Waals surface area contributed by atoms with E-state index >= 15 is 0 Å². The summed E-state index contributed by atoms with van der Waals surface area (Å²) in [7, 11) is 0. The highest BCUT2D eigenvalue weighted by molar-refractivity contribution is 5.95. The first kappa shape index (κ1) is 17.6. The molecular formula is C24H23N5. The number of aryl methyl sites for hydroxylation is 3. The molecule has 0 unspecified atom stereocenters. The van der Waals surface area contributed by atoms with Gasteiger partial charge in [-0.2, -0.15) is 0 Å². The van der Waals surface area contributed by atoms with Gasteiger partial charge in [0.1, 0.15) is 6.33 Å². The summed E-state index contributed by atoms with van der Waals surface area (Å²) in [6, 6.07) is 14.7. The second-order valence-electron chi connectivity index (χ2n) is 7.78. The van der Waals surface area contributed by atoms with Gasteiger partial charge in [0.05, 0.1) is 11.1 Å². The van der Waals surface area contributed by atoms with E-state index < -0.39 is 0 Å². The summed E-state index contributed by atoms with van der Waals surface area (Å²) in [5, 5.41) is 5.75. The van der Waals surface area contributed by atoms with Crippen LogP contribution < -0.4 is 0 Å². The molecule has 3 aromatic heterocycles. The van der Waals surface area contributed by atoms with E-state index in [-0.39, 0.29) is 0 Å². The van der Waals surface area contributed by atoms with E-state index in [0.717, 1.165) is 33.8 Å². The third-order valence-electron chi connectivity index (χ3n) is 5.93. The highest BCUT2D eigenvalue weighted by Gasteiger charge is 2.20. The summed E-state index contributed by atoms with van der Waals surface area (Å²) in [5.41, 5.74) is 10.0. The van der Waals surface area contributed by atoms with Gasteiger partial charge in [0.2, 0.25) is 0 Å². The monoisotopic (exact) mass is 381 g/mol. The normalized spacial score (nSPS) is 11.6. The molecule has 0 saturated heterocycles. The number of nitrogens with zero attached hydrogens (tertiary/aromatic N) is 5. The number of aromatic nitrogens is 5. The average Bonchev–Trinajstić information content (AvgIpc) is 3.24. The number of rotatable bonds is 2. The van der Waals surface area contributed by atoms with Crippen molar-refractivity contribution in [1.29, 1.82) is 0 Å². The van der Waals surface area contributed by atoms with Crippen LogP contribution in [0.3, 0.4) is 0 Å². The molecule has 0 aliphatic carbocycles. The van der Waals surface area contributed by atoms with E-state index in [2.05, 4.69) is 69.5 Å². The van der Waals surface area contributed by atoms with Crippen LogP contribution in [0.5, 0.6) is 0 Å². The minimum absolute atomic E-state index is 0.722. The summed E-state index contributed by atoms with van der Waals surface area (Å²) in [6.07, 6.45) is 1.77. The zero-order valence-electron chi connectivity index (χ0n) is 17.4. The van der Waals surface area contributed by atoms with Gasteiger partial charge in [-0.05, 0) is 63.4 Å². The van der Waals surface area contributed by atoms with Crippen LogP contribution in [0.4, 0.5) is 0 Å². The van der Waals surface area contributed by atoms with Crippen LogP contribution in [-0.4, -0.2) is 24.1 Å². The van der Waals surface area contributed by atoms with Crippen LogP contribution in [-0.2, 0) is 0 Å². The number of fused-ring (bicyclic) bond motifs is 3. The van der Waals surface area contributed by atoms with Crippen LogP contribution >= 0.6 is 0 Å². The molecule has 0 fully saturated rings. The van der Waals surface area contributed by atoms with Crippen LogP contribution in [0.1, 0.15) is 27.9 Å². The molecule has 0 aliphatic rings. The van der Waals surface area contributed by atoms with E-state index in [9.17, 15) is 0 Å². The summed E-state index contributed by atoms with van der Waals surface area (Å²) in [5.74, 6) is 0.722. The molecule has 3 heterocycles. The SMILES string of the molecule is Cc1cccc(-c2nc3c4c(C)c(C)n(-c5cccc(C)c5C)c4ncn3n2)c1. The fourth-order valence-corrected chi connectivity index (χ4v) is 4.04. The molecule has 0 saturated carbocycles. The fourth-order valence-electron chi connectivity index (χ4n) is 4.04. The molecule has 0 amide bonds. The highest BCUT2D eigenvalue weighted by atomic mass is 15.3. The van der Waals surface area contributed by atoms with Crippen LogP contribution in [0, 0.1) is 34.6 Å². The van der Waals surface area contributed by atoms with E-state index in [1.165, 1.54) is 27.9 Å². The predicted octanol–water partition coefficient (Wildman–Crippen LogP) is 5.28. The van der Waals surface area contributed by atoms with Gasteiger partial charge in [-0.15, -0.1) is 5.10 Å². The van der Waals surface area contributed by atoms with Crippen molar-refractivity contribution < 1.29 is 0 Å². The smallest absolute Gasteiger partial charge is 0.182 e. The molecule has 144 valence electrons. The number of benzene rings is 2. The Bertz CT molecular complexity index is 1400. The maximum absolute atomic E-state index is 4.90. The van der Waals surface area contributed by atoms with Gasteiger partial charge in [0.25, 0.3) is 0 Å². The molecular weight excluding hydrogens is 358 g/mol. The standard InChI is InChI=1S/C24H23N5/c1-14-8-6-10-19(12-14)22-26-24-21-17(4)18(5)29(23(21)25-13-28(24)27-22)20-11-7-9-15(2)16(20)3/h6-13H,1-5H3. The lowest BCUT2D eigenvalue weighted by Gasteiger charge is -2.13. The lowest BCUT2D eigenvalue weighted by molar-refractivity contribution is 0.925. The maximum Gasteiger partial charge on any atom is 0.182 e. The second-order valence-corrected chi connectivity index (χ2v) is 7.78. The molecule has 0 bridgehead atoms. The molecule has 0 N–H and O–H groups in total. The molecule has 0 aliphatic heterocycles. The van der Waals surface area contributed by atoms with Crippen molar-refractivity contribution in [3.63, 3.8) is 0 Å². The molecule has 29 heavy (non-hydrogen) atoms. The van der Waals surface area contributed by atoms with Gasteiger partial charge in [0, 0.05) is 11.3 Å². The van der Waals surface area contributed by atoms with Gasteiger partial charge in [-0.25, -0.2) is 14.5 Å². The minimum Gasteiger partial charge on any atom is -0.298 e. The highest BCUT2D eigenvalue weighted by Crippen LogP contribution is 2.32. The Morgan fingerprint density at radius 1 is 0.828 bits per heavy atom. The van der Waals surface area contributed by atoms with Crippen LogP contribution in [0.2, 0.25) is 0 Å². The largest absolute Gasteiger partial charge is 0.298 e. The molecule has 0 radical (unpaired) electrons. The quantitative estimate of drug-likeness (QED) is 0.418. The third kappa shape index (κ3) is 2.58. The van der Waals surface area contributed by atoms with Gasteiger partial charge in [-0.3, -0.25) is 4.57 Å². The van der Waals surface area contributed by atoms with Crippen molar-refractivity contribution >= 4 is 16.7 Å². The van der Waals surface area contributed by atoms with Gasteiger partial charge in [-0.1, -0.05) is 35.9 Å². The Hall–Kier alpha value is -3.47. The summed E-state index contributed by atoms with van der Waals surface area (Å²) < 4.78 is 4.04. The Labute approximate surface area is 169 Å². The molecule has 5 nitrogen and oxygen atoms in total. The molecule has 0 spiro atoms. The van der Waals surface area contributed by atoms with Crippen LogP contribution in [0.25, 0.3) is 33.8 Å². The average molecular weight is 381 g/mol. The molecule has 5 rings (SSSR count). The third-order valence-corrected chi connectivity index (χ3v) is 5.93. The molecule has 2 aromatic carbocycles. The molecule has 0 atom stereocenters. The number of hydrogen-bond donors (Lipinski definition) is 0. The first-order valence-electron chi connectivity index (χ1n) is 9.82. The molecule has 5 aromatic rings. The van der Waals surface area contributed by atoms with Crippen LogP contribution in [0.15, 0.2) is 48.8 Å². The topological polar surface area (TPSA) is 48.0 Å². The van der Waals surface area contributed by atoms with Gasteiger partial charge in [0.15, 0.2) is 17.1 Å².